The Kier molecular flexibility index (Phi) is 4.19. The highest BCUT2D eigenvalue weighted by atomic mass is 19.1. The number of halogens is 1. The molecule has 1 aromatic rings. The largest absolute Gasteiger partial charge is 0.508 e. The van der Waals surface area contributed by atoms with Gasteiger partial charge in [-0.05, 0) is 51.2 Å². The van der Waals surface area contributed by atoms with Crippen molar-refractivity contribution in [3.8, 4) is 5.75 Å². The summed E-state index contributed by atoms with van der Waals surface area (Å²) in [5.74, 6) is -0.360. The maximum absolute atomic E-state index is 13.2. The maximum Gasteiger partial charge on any atom is 0.127 e. The van der Waals surface area contributed by atoms with Crippen LogP contribution in [0.1, 0.15) is 18.4 Å². The zero-order chi connectivity index (χ0) is 13.1. The predicted molar refractivity (Wildman–Crippen MR) is 70.1 cm³/mol. The molecule has 0 bridgehead atoms. The van der Waals surface area contributed by atoms with Gasteiger partial charge in [-0.25, -0.2) is 4.39 Å². The molecular weight excluding hydrogens is 231 g/mol. The van der Waals surface area contributed by atoms with Crippen molar-refractivity contribution in [2.75, 3.05) is 27.2 Å². The monoisotopic (exact) mass is 252 g/mol. The first-order valence-corrected chi connectivity index (χ1v) is 6.42. The van der Waals surface area contributed by atoms with Gasteiger partial charge in [-0.15, -0.1) is 0 Å². The lowest BCUT2D eigenvalue weighted by Gasteiger charge is -2.27. The fourth-order valence-electron chi connectivity index (χ4n) is 2.69. The average Bonchev–Trinajstić information content (AvgIpc) is 2.63. The molecule has 2 rings (SSSR count). The molecule has 4 heteroatoms. The summed E-state index contributed by atoms with van der Waals surface area (Å²) in [5, 5.41) is 9.41. The number of likely N-dealkylation sites (tertiary alicyclic amines) is 1. The summed E-state index contributed by atoms with van der Waals surface area (Å²) in [6, 6.07) is 4.83. The molecule has 1 aliphatic rings. The highest BCUT2D eigenvalue weighted by Gasteiger charge is 2.24. The summed E-state index contributed by atoms with van der Waals surface area (Å²) in [4.78, 5) is 4.56. The molecular formula is C14H21FN2O. The van der Waals surface area contributed by atoms with Gasteiger partial charge in [-0.2, -0.15) is 0 Å². The number of phenolic OH excluding ortho intramolecular Hbond substituents is 1. The third-order valence-corrected chi connectivity index (χ3v) is 3.40. The zero-order valence-corrected chi connectivity index (χ0v) is 11.1. The predicted octanol–water partition coefficient (Wildman–Crippen LogP) is 2.06. The Morgan fingerprint density at radius 2 is 2.17 bits per heavy atom. The van der Waals surface area contributed by atoms with Gasteiger partial charge in [0.15, 0.2) is 0 Å². The lowest BCUT2D eigenvalue weighted by atomic mass is 10.1. The SMILES string of the molecule is CN(C)CC1CCCN1Cc1cc(O)cc(F)c1. The van der Waals surface area contributed by atoms with E-state index in [1.807, 2.05) is 0 Å². The first-order chi connectivity index (χ1) is 8.54. The topological polar surface area (TPSA) is 26.7 Å². The lowest BCUT2D eigenvalue weighted by molar-refractivity contribution is 0.200. The third kappa shape index (κ3) is 3.43. The van der Waals surface area contributed by atoms with Crippen LogP contribution >= 0.6 is 0 Å². The summed E-state index contributed by atoms with van der Waals surface area (Å²) in [6.07, 6.45) is 2.39. The average molecular weight is 252 g/mol. The molecule has 1 fully saturated rings. The van der Waals surface area contributed by atoms with Crippen molar-refractivity contribution in [1.82, 2.24) is 9.80 Å². The Morgan fingerprint density at radius 1 is 1.39 bits per heavy atom. The third-order valence-electron chi connectivity index (χ3n) is 3.40. The Morgan fingerprint density at radius 3 is 2.83 bits per heavy atom. The normalized spacial score (nSPS) is 20.8. The van der Waals surface area contributed by atoms with Crippen molar-refractivity contribution < 1.29 is 9.50 Å². The van der Waals surface area contributed by atoms with E-state index in [0.29, 0.717) is 12.6 Å². The van der Waals surface area contributed by atoms with Gasteiger partial charge in [0.2, 0.25) is 0 Å². The summed E-state index contributed by atoms with van der Waals surface area (Å²) in [5.41, 5.74) is 0.846. The van der Waals surface area contributed by atoms with E-state index in [2.05, 4.69) is 23.9 Å². The van der Waals surface area contributed by atoms with Crippen LogP contribution in [0.2, 0.25) is 0 Å². The molecule has 3 nitrogen and oxygen atoms in total. The smallest absolute Gasteiger partial charge is 0.127 e. The molecule has 0 spiro atoms. The maximum atomic E-state index is 13.2. The van der Waals surface area contributed by atoms with Gasteiger partial charge in [0.05, 0.1) is 0 Å². The van der Waals surface area contributed by atoms with E-state index < -0.39 is 0 Å². The molecule has 100 valence electrons. The number of likely N-dealkylation sites (N-methyl/N-ethyl adjacent to an activating group) is 1. The molecule has 1 aliphatic heterocycles. The van der Waals surface area contributed by atoms with Crippen LogP contribution in [0.15, 0.2) is 18.2 Å². The number of nitrogens with zero attached hydrogens (tertiary/aromatic N) is 2. The number of rotatable bonds is 4. The molecule has 0 radical (unpaired) electrons. The molecule has 0 aliphatic carbocycles. The van der Waals surface area contributed by atoms with E-state index in [4.69, 9.17) is 0 Å². The second-order valence-electron chi connectivity index (χ2n) is 5.35. The van der Waals surface area contributed by atoms with Crippen LogP contribution in [0.4, 0.5) is 4.39 Å². The first-order valence-electron chi connectivity index (χ1n) is 6.42. The van der Waals surface area contributed by atoms with Crippen LogP contribution in [0.3, 0.4) is 0 Å². The molecule has 1 N–H and O–H groups in total. The van der Waals surface area contributed by atoms with Crippen LogP contribution < -0.4 is 0 Å². The van der Waals surface area contributed by atoms with E-state index in [1.54, 1.807) is 6.07 Å². The molecule has 1 unspecified atom stereocenters. The fourth-order valence-corrected chi connectivity index (χ4v) is 2.69. The fraction of sp³-hybridized carbons (Fsp3) is 0.571. The van der Waals surface area contributed by atoms with Gasteiger partial charge >= 0.3 is 0 Å². The molecule has 1 aromatic carbocycles. The highest BCUT2D eigenvalue weighted by molar-refractivity contribution is 5.28. The van der Waals surface area contributed by atoms with Gasteiger partial charge in [0.25, 0.3) is 0 Å². The van der Waals surface area contributed by atoms with Crippen LogP contribution in [-0.4, -0.2) is 48.1 Å². The van der Waals surface area contributed by atoms with Crippen LogP contribution in [0, 0.1) is 5.82 Å². The summed E-state index contributed by atoms with van der Waals surface area (Å²) < 4.78 is 13.2. The number of hydrogen-bond acceptors (Lipinski definition) is 3. The lowest BCUT2D eigenvalue weighted by Crippen LogP contribution is -2.37. The minimum Gasteiger partial charge on any atom is -0.508 e. The minimum atomic E-state index is -0.367. The Hall–Kier alpha value is -1.13. The molecule has 1 saturated heterocycles. The van der Waals surface area contributed by atoms with Crippen LogP contribution in [0.25, 0.3) is 0 Å². The zero-order valence-electron chi connectivity index (χ0n) is 11.1. The van der Waals surface area contributed by atoms with E-state index >= 15 is 0 Å². The van der Waals surface area contributed by atoms with E-state index in [-0.39, 0.29) is 11.6 Å². The van der Waals surface area contributed by atoms with Gasteiger partial charge in [0, 0.05) is 25.2 Å². The van der Waals surface area contributed by atoms with Crippen molar-refractivity contribution in [3.63, 3.8) is 0 Å². The Bertz CT molecular complexity index is 389. The van der Waals surface area contributed by atoms with E-state index in [1.165, 1.54) is 18.9 Å². The second kappa shape index (κ2) is 5.67. The van der Waals surface area contributed by atoms with E-state index in [9.17, 15) is 9.50 Å². The molecule has 1 atom stereocenters. The summed E-state index contributed by atoms with van der Waals surface area (Å²) in [7, 11) is 4.15. The van der Waals surface area contributed by atoms with Gasteiger partial charge in [-0.3, -0.25) is 4.90 Å². The van der Waals surface area contributed by atoms with Crippen molar-refractivity contribution in [2.45, 2.75) is 25.4 Å². The van der Waals surface area contributed by atoms with Crippen molar-refractivity contribution in [3.05, 3.63) is 29.6 Å². The Balaban J connectivity index is 2.03. The number of benzene rings is 1. The van der Waals surface area contributed by atoms with Crippen molar-refractivity contribution >= 4 is 0 Å². The Labute approximate surface area is 108 Å². The molecule has 1 heterocycles. The molecule has 0 amide bonds. The highest BCUT2D eigenvalue weighted by Crippen LogP contribution is 2.22. The van der Waals surface area contributed by atoms with E-state index in [0.717, 1.165) is 24.7 Å². The number of phenols is 1. The summed E-state index contributed by atoms with van der Waals surface area (Å²) in [6.45, 7) is 2.79. The van der Waals surface area contributed by atoms with Crippen LogP contribution in [-0.2, 0) is 6.54 Å². The number of hydrogen-bond donors (Lipinski definition) is 1. The van der Waals surface area contributed by atoms with Crippen molar-refractivity contribution in [1.29, 1.82) is 0 Å². The quantitative estimate of drug-likeness (QED) is 0.888. The second-order valence-corrected chi connectivity index (χ2v) is 5.35. The standard InChI is InChI=1S/C14H21FN2O/c1-16(2)10-13-4-3-5-17(13)9-11-6-12(15)8-14(18)7-11/h6-8,13,18H,3-5,9-10H2,1-2H3. The van der Waals surface area contributed by atoms with Gasteiger partial charge in [0.1, 0.15) is 11.6 Å². The van der Waals surface area contributed by atoms with Gasteiger partial charge in [-0.1, -0.05) is 0 Å². The first kappa shape index (κ1) is 13.3. The van der Waals surface area contributed by atoms with Crippen LogP contribution in [0.5, 0.6) is 5.75 Å². The van der Waals surface area contributed by atoms with Crippen molar-refractivity contribution in [2.24, 2.45) is 0 Å². The van der Waals surface area contributed by atoms with Gasteiger partial charge < -0.3 is 10.0 Å². The summed E-state index contributed by atoms with van der Waals surface area (Å²) >= 11 is 0. The molecule has 0 saturated carbocycles. The molecule has 0 aromatic heterocycles. The molecule has 18 heavy (non-hydrogen) atoms. The number of aromatic hydroxyl groups is 1. The minimum absolute atomic E-state index is 0.00774.